The van der Waals surface area contributed by atoms with Gasteiger partial charge in [0.2, 0.25) is 0 Å². The zero-order valence-electron chi connectivity index (χ0n) is 21.9. The molecule has 0 unspecified atom stereocenters. The van der Waals surface area contributed by atoms with Gasteiger partial charge in [0.05, 0.1) is 13.2 Å². The molecule has 0 spiro atoms. The molecule has 3 aromatic carbocycles. The lowest BCUT2D eigenvalue weighted by Crippen LogP contribution is -2.25. The van der Waals surface area contributed by atoms with Gasteiger partial charge in [0.1, 0.15) is 11.9 Å². The van der Waals surface area contributed by atoms with Gasteiger partial charge < -0.3 is 14.8 Å². The minimum Gasteiger partial charge on any atom is -0.490 e. The van der Waals surface area contributed by atoms with Gasteiger partial charge in [-0.15, -0.1) is 10.2 Å². The number of rotatable bonds is 9. The van der Waals surface area contributed by atoms with E-state index in [0.717, 1.165) is 62.7 Å². The van der Waals surface area contributed by atoms with Crippen LogP contribution in [0.3, 0.4) is 0 Å². The zero-order valence-corrected chi connectivity index (χ0v) is 21.9. The van der Waals surface area contributed by atoms with Crippen LogP contribution in [0.5, 0.6) is 5.75 Å². The second-order valence-electron chi connectivity index (χ2n) is 9.83. The van der Waals surface area contributed by atoms with Crippen LogP contribution in [0.4, 0.5) is 5.69 Å². The molecular weight excluding hydrogens is 462 g/mol. The van der Waals surface area contributed by atoms with Crippen LogP contribution in [-0.2, 0) is 24.1 Å². The molecular formula is C30H35N5O2. The van der Waals surface area contributed by atoms with Crippen molar-refractivity contribution in [3.63, 3.8) is 0 Å². The Morgan fingerprint density at radius 1 is 0.973 bits per heavy atom. The second-order valence-corrected chi connectivity index (χ2v) is 9.83. The first kappa shape index (κ1) is 25.0. The summed E-state index contributed by atoms with van der Waals surface area (Å²) in [5, 5.41) is 17.7. The molecule has 0 saturated carbocycles. The molecule has 0 aliphatic carbocycles. The normalized spacial score (nSPS) is 14.0. The van der Waals surface area contributed by atoms with Crippen LogP contribution in [0, 0.1) is 20.8 Å². The number of anilines is 1. The Bertz CT molecular complexity index is 1290. The minimum absolute atomic E-state index is 0.245. The summed E-state index contributed by atoms with van der Waals surface area (Å²) < 4.78 is 11.8. The largest absolute Gasteiger partial charge is 0.490 e. The van der Waals surface area contributed by atoms with Gasteiger partial charge in [-0.2, -0.15) is 5.21 Å². The van der Waals surface area contributed by atoms with E-state index in [9.17, 15) is 0 Å². The van der Waals surface area contributed by atoms with E-state index in [1.807, 2.05) is 0 Å². The fourth-order valence-electron chi connectivity index (χ4n) is 5.08. The number of tetrazole rings is 1. The zero-order chi connectivity index (χ0) is 25.6. The van der Waals surface area contributed by atoms with E-state index in [0.29, 0.717) is 0 Å². The monoisotopic (exact) mass is 497 g/mol. The Hall–Kier alpha value is -3.71. The van der Waals surface area contributed by atoms with E-state index in [1.165, 1.54) is 38.9 Å². The SMILES string of the molecule is Cc1cc(OC2CCOCC2)cc(C)c1-c1cccc(CNc2ccc(CCc3nn[nH]n3)cc2)c1C. The molecule has 7 nitrogen and oxygen atoms in total. The Morgan fingerprint density at radius 2 is 1.73 bits per heavy atom. The van der Waals surface area contributed by atoms with Gasteiger partial charge in [-0.1, -0.05) is 35.5 Å². The van der Waals surface area contributed by atoms with Gasteiger partial charge in [-0.3, -0.25) is 0 Å². The third-order valence-electron chi connectivity index (χ3n) is 7.16. The minimum atomic E-state index is 0.245. The molecule has 7 heteroatoms. The van der Waals surface area contributed by atoms with Gasteiger partial charge in [-0.25, -0.2) is 0 Å². The molecule has 1 fully saturated rings. The molecule has 0 atom stereocenters. The smallest absolute Gasteiger partial charge is 0.174 e. The summed E-state index contributed by atoms with van der Waals surface area (Å²) in [4.78, 5) is 0. The molecule has 2 heterocycles. The van der Waals surface area contributed by atoms with Crippen LogP contribution in [0.15, 0.2) is 54.6 Å². The highest BCUT2D eigenvalue weighted by Crippen LogP contribution is 2.35. The van der Waals surface area contributed by atoms with Crippen molar-refractivity contribution in [1.29, 1.82) is 0 Å². The van der Waals surface area contributed by atoms with Crippen molar-refractivity contribution in [1.82, 2.24) is 20.6 Å². The topological polar surface area (TPSA) is 85.0 Å². The standard InChI is InChI=1S/C30H35N5O2/c1-20-17-27(37-26-13-15-36-16-14-26)18-21(2)30(20)28-6-4-5-24(22(28)3)19-31-25-10-7-23(8-11-25)9-12-29-32-34-35-33-29/h4-8,10-11,17-18,26,31H,9,12-16,19H2,1-3H3,(H,32,33,34,35). The summed E-state index contributed by atoms with van der Waals surface area (Å²) in [6.45, 7) is 8.93. The average molecular weight is 498 g/mol. The van der Waals surface area contributed by atoms with Gasteiger partial charge >= 0.3 is 0 Å². The van der Waals surface area contributed by atoms with Crippen molar-refractivity contribution < 1.29 is 9.47 Å². The van der Waals surface area contributed by atoms with E-state index in [2.05, 4.69) is 101 Å². The van der Waals surface area contributed by atoms with Gasteiger partial charge in [0.25, 0.3) is 0 Å². The number of hydrogen-bond acceptors (Lipinski definition) is 6. The molecule has 1 saturated heterocycles. The number of benzene rings is 3. The van der Waals surface area contributed by atoms with Gasteiger partial charge in [0.15, 0.2) is 5.82 Å². The van der Waals surface area contributed by atoms with E-state index >= 15 is 0 Å². The van der Waals surface area contributed by atoms with E-state index in [4.69, 9.17) is 9.47 Å². The molecule has 1 aliphatic heterocycles. The summed E-state index contributed by atoms with van der Waals surface area (Å²) in [5.41, 5.74) is 10.0. The van der Waals surface area contributed by atoms with Crippen molar-refractivity contribution in [3.05, 3.63) is 88.2 Å². The van der Waals surface area contributed by atoms with Crippen LogP contribution in [-0.4, -0.2) is 39.9 Å². The molecule has 1 aromatic heterocycles. The number of hydrogen-bond donors (Lipinski definition) is 2. The third kappa shape index (κ3) is 6.17. The first-order valence-corrected chi connectivity index (χ1v) is 13.1. The van der Waals surface area contributed by atoms with E-state index in [-0.39, 0.29) is 6.10 Å². The second kappa shape index (κ2) is 11.6. The van der Waals surface area contributed by atoms with Crippen molar-refractivity contribution >= 4 is 5.69 Å². The van der Waals surface area contributed by atoms with E-state index < -0.39 is 0 Å². The third-order valence-corrected chi connectivity index (χ3v) is 7.16. The number of nitrogens with one attached hydrogen (secondary N) is 2. The molecule has 4 aromatic rings. The fraction of sp³-hybridized carbons (Fsp3) is 0.367. The van der Waals surface area contributed by atoms with Crippen LogP contribution < -0.4 is 10.1 Å². The highest BCUT2D eigenvalue weighted by molar-refractivity contribution is 5.75. The summed E-state index contributed by atoms with van der Waals surface area (Å²) in [6, 6.07) is 19.5. The first-order valence-electron chi connectivity index (χ1n) is 13.1. The van der Waals surface area contributed by atoms with Crippen molar-refractivity contribution in [3.8, 4) is 16.9 Å². The lowest BCUT2D eigenvalue weighted by molar-refractivity contribution is 0.0255. The highest BCUT2D eigenvalue weighted by Gasteiger charge is 2.17. The predicted molar refractivity (Wildman–Crippen MR) is 146 cm³/mol. The Labute approximate surface area is 218 Å². The van der Waals surface area contributed by atoms with Crippen molar-refractivity contribution in [2.24, 2.45) is 0 Å². The summed E-state index contributed by atoms with van der Waals surface area (Å²) in [5.74, 6) is 1.70. The Morgan fingerprint density at radius 3 is 2.43 bits per heavy atom. The number of aromatic amines is 1. The maximum Gasteiger partial charge on any atom is 0.174 e. The Kier molecular flexibility index (Phi) is 7.80. The average Bonchev–Trinajstić information content (AvgIpc) is 3.42. The molecule has 1 aliphatic rings. The number of aryl methyl sites for hydroxylation is 4. The number of ether oxygens (including phenoxy) is 2. The predicted octanol–water partition coefficient (Wildman–Crippen LogP) is 5.75. The number of aromatic nitrogens is 4. The molecule has 0 bridgehead atoms. The molecule has 37 heavy (non-hydrogen) atoms. The number of H-pyrrole nitrogens is 1. The van der Waals surface area contributed by atoms with E-state index in [1.54, 1.807) is 0 Å². The summed E-state index contributed by atoms with van der Waals surface area (Å²) >= 11 is 0. The highest BCUT2D eigenvalue weighted by atomic mass is 16.5. The van der Waals surface area contributed by atoms with Crippen LogP contribution in [0.1, 0.15) is 46.5 Å². The molecule has 192 valence electrons. The molecule has 0 radical (unpaired) electrons. The quantitative estimate of drug-likeness (QED) is 0.306. The summed E-state index contributed by atoms with van der Waals surface area (Å²) in [6.07, 6.45) is 3.82. The fourth-order valence-corrected chi connectivity index (χ4v) is 5.08. The van der Waals surface area contributed by atoms with Gasteiger partial charge in [0, 0.05) is 31.5 Å². The Balaban J connectivity index is 1.25. The molecule has 5 rings (SSSR count). The lowest BCUT2D eigenvalue weighted by Gasteiger charge is -2.24. The number of nitrogens with zero attached hydrogens (tertiary/aromatic N) is 3. The van der Waals surface area contributed by atoms with Crippen LogP contribution >= 0.6 is 0 Å². The molecule has 0 amide bonds. The van der Waals surface area contributed by atoms with Crippen LogP contribution in [0.2, 0.25) is 0 Å². The van der Waals surface area contributed by atoms with Crippen LogP contribution in [0.25, 0.3) is 11.1 Å². The lowest BCUT2D eigenvalue weighted by atomic mass is 9.90. The van der Waals surface area contributed by atoms with Crippen molar-refractivity contribution in [2.45, 2.75) is 59.1 Å². The maximum atomic E-state index is 6.29. The summed E-state index contributed by atoms with van der Waals surface area (Å²) in [7, 11) is 0. The maximum absolute atomic E-state index is 6.29. The van der Waals surface area contributed by atoms with Crippen molar-refractivity contribution in [2.75, 3.05) is 18.5 Å². The van der Waals surface area contributed by atoms with Gasteiger partial charge in [-0.05, 0) is 90.4 Å². The first-order chi connectivity index (χ1) is 18.1. The molecule has 2 N–H and O–H groups in total.